The molecule has 2 N–H and O–H groups in total. The average Bonchev–Trinajstić information content (AvgIpc) is 2.76. The number of carbonyl (C=O) groups excluding carboxylic acids is 1. The minimum atomic E-state index is 0.111. The predicted octanol–water partition coefficient (Wildman–Crippen LogP) is 2.38. The van der Waals surface area contributed by atoms with Gasteiger partial charge in [-0.25, -0.2) is 4.98 Å². The Morgan fingerprint density at radius 3 is 2.61 bits per heavy atom. The number of aromatic nitrogens is 1. The highest BCUT2D eigenvalue weighted by molar-refractivity contribution is 7.09. The Morgan fingerprint density at radius 2 is 2.06 bits per heavy atom. The number of benzene rings is 1. The average molecular weight is 260 g/mol. The van der Waals surface area contributed by atoms with Crippen molar-refractivity contribution in [2.45, 2.75) is 19.8 Å². The van der Waals surface area contributed by atoms with E-state index in [0.29, 0.717) is 13.0 Å². The minimum Gasteiger partial charge on any atom is -0.330 e. The molecule has 3 nitrogen and oxygen atoms in total. The largest absolute Gasteiger partial charge is 0.330 e. The fraction of sp³-hybridized carbons (Fsp3) is 0.286. The third-order valence-corrected chi connectivity index (χ3v) is 3.54. The van der Waals surface area contributed by atoms with Gasteiger partial charge in [-0.1, -0.05) is 24.3 Å². The van der Waals surface area contributed by atoms with Gasteiger partial charge in [-0.3, -0.25) is 4.79 Å². The van der Waals surface area contributed by atoms with Gasteiger partial charge >= 0.3 is 0 Å². The molecule has 0 radical (unpaired) electrons. The van der Waals surface area contributed by atoms with E-state index < -0.39 is 0 Å². The third-order valence-electron chi connectivity index (χ3n) is 2.72. The van der Waals surface area contributed by atoms with Crippen LogP contribution in [-0.2, 0) is 12.8 Å². The summed E-state index contributed by atoms with van der Waals surface area (Å²) in [5, 5.41) is 2.94. The van der Waals surface area contributed by atoms with Crippen LogP contribution < -0.4 is 5.73 Å². The zero-order chi connectivity index (χ0) is 13.0. The maximum Gasteiger partial charge on any atom is 0.168 e. The SMILES string of the molecule is Cc1nc(CC(=O)c2ccc(CCN)cc2)cs1. The van der Waals surface area contributed by atoms with Gasteiger partial charge in [0.15, 0.2) is 5.78 Å². The van der Waals surface area contributed by atoms with Crippen LogP contribution >= 0.6 is 11.3 Å². The topological polar surface area (TPSA) is 56.0 Å². The van der Waals surface area contributed by atoms with E-state index >= 15 is 0 Å². The minimum absolute atomic E-state index is 0.111. The first-order chi connectivity index (χ1) is 8.69. The number of Topliss-reactive ketones (excluding diaryl/α,β-unsaturated/α-hetero) is 1. The molecule has 94 valence electrons. The van der Waals surface area contributed by atoms with Gasteiger partial charge in [-0.05, 0) is 25.5 Å². The van der Waals surface area contributed by atoms with Crippen LogP contribution in [0.4, 0.5) is 0 Å². The van der Waals surface area contributed by atoms with Crippen LogP contribution in [0.25, 0.3) is 0 Å². The molecule has 0 bridgehead atoms. The first kappa shape index (κ1) is 12.9. The summed E-state index contributed by atoms with van der Waals surface area (Å²) in [4.78, 5) is 16.3. The number of hydrogen-bond acceptors (Lipinski definition) is 4. The molecule has 1 aromatic carbocycles. The Kier molecular flexibility index (Phi) is 4.23. The van der Waals surface area contributed by atoms with Crippen molar-refractivity contribution >= 4 is 17.1 Å². The molecule has 2 rings (SSSR count). The van der Waals surface area contributed by atoms with Crippen molar-refractivity contribution < 1.29 is 4.79 Å². The van der Waals surface area contributed by atoms with E-state index in [1.807, 2.05) is 36.6 Å². The summed E-state index contributed by atoms with van der Waals surface area (Å²) in [5.41, 5.74) is 8.25. The molecule has 0 amide bonds. The van der Waals surface area contributed by atoms with Crippen LogP contribution in [0.1, 0.15) is 26.6 Å². The van der Waals surface area contributed by atoms with E-state index in [2.05, 4.69) is 4.98 Å². The molecule has 1 heterocycles. The van der Waals surface area contributed by atoms with E-state index in [4.69, 9.17) is 5.73 Å². The molecule has 18 heavy (non-hydrogen) atoms. The third kappa shape index (κ3) is 3.24. The molecule has 0 saturated carbocycles. The summed E-state index contributed by atoms with van der Waals surface area (Å²) in [6.07, 6.45) is 1.22. The Morgan fingerprint density at radius 1 is 1.33 bits per heavy atom. The molecule has 0 aliphatic carbocycles. The molecule has 0 fully saturated rings. The van der Waals surface area contributed by atoms with Crippen molar-refractivity contribution in [1.82, 2.24) is 4.98 Å². The van der Waals surface area contributed by atoms with E-state index in [9.17, 15) is 4.79 Å². The van der Waals surface area contributed by atoms with Gasteiger partial charge in [0, 0.05) is 10.9 Å². The van der Waals surface area contributed by atoms with Crippen LogP contribution in [0, 0.1) is 6.92 Å². The smallest absolute Gasteiger partial charge is 0.168 e. The number of nitrogens with two attached hydrogens (primary N) is 1. The van der Waals surface area contributed by atoms with Crippen molar-refractivity contribution in [1.29, 1.82) is 0 Å². The molecule has 0 saturated heterocycles. The maximum atomic E-state index is 12.0. The van der Waals surface area contributed by atoms with E-state index in [-0.39, 0.29) is 5.78 Å². The van der Waals surface area contributed by atoms with E-state index in [1.54, 1.807) is 11.3 Å². The monoisotopic (exact) mass is 260 g/mol. The number of rotatable bonds is 5. The fourth-order valence-electron chi connectivity index (χ4n) is 1.78. The van der Waals surface area contributed by atoms with Crippen molar-refractivity contribution in [2.75, 3.05) is 6.54 Å². The van der Waals surface area contributed by atoms with Crippen molar-refractivity contribution in [3.63, 3.8) is 0 Å². The van der Waals surface area contributed by atoms with E-state index in [0.717, 1.165) is 22.7 Å². The van der Waals surface area contributed by atoms with Gasteiger partial charge in [0.05, 0.1) is 17.1 Å². The molecule has 0 spiro atoms. The van der Waals surface area contributed by atoms with Gasteiger partial charge < -0.3 is 5.73 Å². The predicted molar refractivity (Wildman–Crippen MR) is 74.1 cm³/mol. The molecule has 0 atom stereocenters. The highest BCUT2D eigenvalue weighted by atomic mass is 32.1. The van der Waals surface area contributed by atoms with Crippen LogP contribution in [0.3, 0.4) is 0 Å². The van der Waals surface area contributed by atoms with Gasteiger partial charge in [-0.15, -0.1) is 11.3 Å². The lowest BCUT2D eigenvalue weighted by atomic mass is 10.0. The summed E-state index contributed by atoms with van der Waals surface area (Å²) in [6.45, 7) is 2.58. The summed E-state index contributed by atoms with van der Waals surface area (Å²) in [5.74, 6) is 0.111. The first-order valence-electron chi connectivity index (χ1n) is 5.92. The Hall–Kier alpha value is -1.52. The second-order valence-electron chi connectivity index (χ2n) is 4.19. The van der Waals surface area contributed by atoms with Crippen LogP contribution in [0.2, 0.25) is 0 Å². The normalized spacial score (nSPS) is 10.6. The molecular formula is C14H16N2OS. The molecule has 4 heteroatoms. The molecule has 0 aliphatic heterocycles. The fourth-order valence-corrected chi connectivity index (χ4v) is 2.39. The Balaban J connectivity index is 2.04. The summed E-state index contributed by atoms with van der Waals surface area (Å²) >= 11 is 1.57. The molecule has 2 aromatic rings. The number of thiazole rings is 1. The Bertz CT molecular complexity index is 531. The van der Waals surface area contributed by atoms with Gasteiger partial charge in [0.1, 0.15) is 0 Å². The highest BCUT2D eigenvalue weighted by Crippen LogP contribution is 2.12. The number of ketones is 1. The van der Waals surface area contributed by atoms with Gasteiger partial charge in [-0.2, -0.15) is 0 Å². The quantitative estimate of drug-likeness (QED) is 0.840. The number of aryl methyl sites for hydroxylation is 1. The maximum absolute atomic E-state index is 12.0. The lowest BCUT2D eigenvalue weighted by molar-refractivity contribution is 0.0992. The van der Waals surface area contributed by atoms with Crippen LogP contribution in [0.5, 0.6) is 0 Å². The molecule has 0 aliphatic rings. The number of carbonyl (C=O) groups is 1. The second-order valence-corrected chi connectivity index (χ2v) is 5.26. The van der Waals surface area contributed by atoms with Gasteiger partial charge in [0.25, 0.3) is 0 Å². The van der Waals surface area contributed by atoms with Crippen molar-refractivity contribution in [3.8, 4) is 0 Å². The lowest BCUT2D eigenvalue weighted by Crippen LogP contribution is -2.05. The summed E-state index contributed by atoms with van der Waals surface area (Å²) in [7, 11) is 0. The van der Waals surface area contributed by atoms with E-state index in [1.165, 1.54) is 5.56 Å². The van der Waals surface area contributed by atoms with Crippen molar-refractivity contribution in [2.24, 2.45) is 5.73 Å². The highest BCUT2D eigenvalue weighted by Gasteiger charge is 2.09. The Labute approximate surface area is 111 Å². The van der Waals surface area contributed by atoms with Crippen LogP contribution in [0.15, 0.2) is 29.6 Å². The second kappa shape index (κ2) is 5.89. The van der Waals surface area contributed by atoms with Gasteiger partial charge in [0.2, 0.25) is 0 Å². The molecule has 1 aromatic heterocycles. The zero-order valence-corrected chi connectivity index (χ0v) is 11.2. The van der Waals surface area contributed by atoms with Crippen molar-refractivity contribution in [3.05, 3.63) is 51.5 Å². The summed E-state index contributed by atoms with van der Waals surface area (Å²) < 4.78 is 0. The first-order valence-corrected chi connectivity index (χ1v) is 6.80. The van der Waals surface area contributed by atoms with Crippen LogP contribution in [-0.4, -0.2) is 17.3 Å². The summed E-state index contributed by atoms with van der Waals surface area (Å²) in [6, 6.07) is 7.66. The lowest BCUT2D eigenvalue weighted by Gasteiger charge is -2.02. The number of nitrogens with zero attached hydrogens (tertiary/aromatic N) is 1. The standard InChI is InChI=1S/C14H16N2OS/c1-10-16-13(9-18-10)8-14(17)12-4-2-11(3-5-12)6-7-15/h2-5,9H,6-8,15H2,1H3. The molecular weight excluding hydrogens is 244 g/mol. The zero-order valence-electron chi connectivity index (χ0n) is 10.3. The number of hydrogen-bond donors (Lipinski definition) is 1. The molecule has 0 unspecified atom stereocenters.